The second-order valence-electron chi connectivity index (χ2n) is 5.53. The largest absolute Gasteiger partial charge is 0.495 e. The van der Waals surface area contributed by atoms with Crippen LogP contribution in [0.3, 0.4) is 0 Å². The van der Waals surface area contributed by atoms with E-state index >= 15 is 0 Å². The number of nitrogens with one attached hydrogen (secondary N) is 1. The molecule has 0 amide bonds. The number of benzene rings is 2. The van der Waals surface area contributed by atoms with Crippen molar-refractivity contribution in [1.82, 2.24) is 4.98 Å². The molecule has 140 valence electrons. The minimum atomic E-state index is -3.92. The van der Waals surface area contributed by atoms with Crippen molar-refractivity contribution in [2.24, 2.45) is 0 Å². The van der Waals surface area contributed by atoms with Crippen LogP contribution in [0, 0.1) is 0 Å². The summed E-state index contributed by atoms with van der Waals surface area (Å²) in [7, 11) is -2.54. The van der Waals surface area contributed by atoms with E-state index in [1.807, 2.05) is 0 Å². The molecule has 0 saturated carbocycles. The molecule has 0 aliphatic carbocycles. The van der Waals surface area contributed by atoms with Crippen molar-refractivity contribution in [3.05, 3.63) is 69.6 Å². The fourth-order valence-electron chi connectivity index (χ4n) is 2.39. The number of halogens is 1. The molecule has 0 saturated heterocycles. The monoisotopic (exact) mass is 422 g/mol. The summed E-state index contributed by atoms with van der Waals surface area (Å²) in [5, 5.41) is 2.60. The third-order valence-corrected chi connectivity index (χ3v) is 6.12. The summed E-state index contributed by atoms with van der Waals surface area (Å²) in [5.41, 5.74) is 0.915. The van der Waals surface area contributed by atoms with Crippen molar-refractivity contribution >= 4 is 44.4 Å². The number of ketones is 1. The normalized spacial score (nSPS) is 11.2. The van der Waals surface area contributed by atoms with Gasteiger partial charge >= 0.3 is 0 Å². The number of carbonyl (C=O) groups is 1. The number of Topliss-reactive ketones (excluding diaryl/α,β-unsaturated/α-hetero) is 1. The van der Waals surface area contributed by atoms with Gasteiger partial charge in [-0.05, 0) is 42.0 Å². The molecule has 0 fully saturated rings. The Hall–Kier alpha value is -2.42. The van der Waals surface area contributed by atoms with E-state index in [1.165, 1.54) is 30.6 Å². The average Bonchev–Trinajstić information content (AvgIpc) is 3.18. The van der Waals surface area contributed by atoms with Gasteiger partial charge in [0.2, 0.25) is 0 Å². The van der Waals surface area contributed by atoms with E-state index in [0.29, 0.717) is 21.3 Å². The Labute approximate surface area is 165 Å². The van der Waals surface area contributed by atoms with Crippen molar-refractivity contribution in [1.29, 1.82) is 0 Å². The van der Waals surface area contributed by atoms with E-state index < -0.39 is 10.0 Å². The fourth-order valence-corrected chi connectivity index (χ4v) is 4.37. The van der Waals surface area contributed by atoms with Crippen molar-refractivity contribution in [3.63, 3.8) is 0 Å². The zero-order valence-corrected chi connectivity index (χ0v) is 16.6. The molecule has 1 N–H and O–H groups in total. The molecule has 0 spiro atoms. The molecule has 6 nitrogen and oxygen atoms in total. The van der Waals surface area contributed by atoms with Gasteiger partial charge in [-0.1, -0.05) is 17.7 Å². The lowest BCUT2D eigenvalue weighted by molar-refractivity contribution is 0.0992. The van der Waals surface area contributed by atoms with Crippen LogP contribution in [0.2, 0.25) is 5.02 Å². The molecule has 1 aromatic heterocycles. The summed E-state index contributed by atoms with van der Waals surface area (Å²) >= 11 is 7.07. The Kier molecular flexibility index (Phi) is 5.79. The van der Waals surface area contributed by atoms with Crippen molar-refractivity contribution in [2.75, 3.05) is 11.8 Å². The van der Waals surface area contributed by atoms with E-state index in [9.17, 15) is 13.2 Å². The van der Waals surface area contributed by atoms with Crippen molar-refractivity contribution < 1.29 is 17.9 Å². The van der Waals surface area contributed by atoms with Gasteiger partial charge in [0, 0.05) is 28.7 Å². The number of thiazole rings is 1. The van der Waals surface area contributed by atoms with Gasteiger partial charge in [-0.3, -0.25) is 9.52 Å². The predicted molar refractivity (Wildman–Crippen MR) is 105 cm³/mol. The van der Waals surface area contributed by atoms with E-state index in [0.717, 1.165) is 0 Å². The molecule has 1 heterocycles. The lowest BCUT2D eigenvalue weighted by atomic mass is 10.1. The highest BCUT2D eigenvalue weighted by Gasteiger charge is 2.21. The highest BCUT2D eigenvalue weighted by molar-refractivity contribution is 7.92. The van der Waals surface area contributed by atoms with Crippen LogP contribution in [-0.2, 0) is 16.4 Å². The standard InChI is InChI=1S/C18H15ClN2O4S2/c1-25-16-7-2-12(10-15(22)18-20-8-9-26-18)11-17(16)27(23,24)21-14-5-3-13(19)4-6-14/h2-9,11,21H,10H2,1H3. The van der Waals surface area contributed by atoms with Crippen LogP contribution in [0.4, 0.5) is 5.69 Å². The molecule has 2 aromatic carbocycles. The zero-order valence-electron chi connectivity index (χ0n) is 14.2. The van der Waals surface area contributed by atoms with Crippen molar-refractivity contribution in [3.8, 4) is 5.75 Å². The first-order chi connectivity index (χ1) is 12.9. The SMILES string of the molecule is COc1ccc(CC(=O)c2nccs2)cc1S(=O)(=O)Nc1ccc(Cl)cc1. The predicted octanol–water partition coefficient (Wildman–Crippen LogP) is 4.03. The van der Waals surface area contributed by atoms with Crippen LogP contribution in [0.15, 0.2) is 58.9 Å². The number of carbonyl (C=O) groups excluding carboxylic acids is 1. The number of sulfonamides is 1. The summed E-state index contributed by atoms with van der Waals surface area (Å²) in [6, 6.07) is 10.9. The molecule has 0 bridgehead atoms. The molecular weight excluding hydrogens is 408 g/mol. The van der Waals surface area contributed by atoms with E-state index in [4.69, 9.17) is 16.3 Å². The number of rotatable bonds is 7. The molecule has 0 aliphatic rings. The van der Waals surface area contributed by atoms with Gasteiger partial charge < -0.3 is 4.74 Å². The van der Waals surface area contributed by atoms with Crippen molar-refractivity contribution in [2.45, 2.75) is 11.3 Å². The number of methoxy groups -OCH3 is 1. The summed E-state index contributed by atoms with van der Waals surface area (Å²) in [5.74, 6) is 0.00564. The summed E-state index contributed by atoms with van der Waals surface area (Å²) < 4.78 is 33.3. The minimum absolute atomic E-state index is 0.0426. The van der Waals surface area contributed by atoms with Crippen LogP contribution in [-0.4, -0.2) is 26.3 Å². The van der Waals surface area contributed by atoms with Crippen LogP contribution < -0.4 is 9.46 Å². The molecule has 3 rings (SSSR count). The Morgan fingerprint density at radius 1 is 1.22 bits per heavy atom. The number of ether oxygens (including phenoxy) is 1. The average molecular weight is 423 g/mol. The van der Waals surface area contributed by atoms with Gasteiger partial charge in [0.05, 0.1) is 7.11 Å². The van der Waals surface area contributed by atoms with Crippen LogP contribution in [0.1, 0.15) is 15.4 Å². The lowest BCUT2D eigenvalue weighted by Crippen LogP contribution is -2.15. The highest BCUT2D eigenvalue weighted by atomic mass is 35.5. The van der Waals surface area contributed by atoms with Gasteiger partial charge in [0.15, 0.2) is 10.8 Å². The number of aromatic nitrogens is 1. The van der Waals surface area contributed by atoms with Crippen LogP contribution >= 0.6 is 22.9 Å². The first-order valence-electron chi connectivity index (χ1n) is 7.77. The minimum Gasteiger partial charge on any atom is -0.495 e. The molecule has 0 aliphatic heterocycles. The molecule has 0 atom stereocenters. The summed E-state index contributed by atoms with van der Waals surface area (Å²) in [6.07, 6.45) is 1.60. The summed E-state index contributed by atoms with van der Waals surface area (Å²) in [4.78, 5) is 16.2. The lowest BCUT2D eigenvalue weighted by Gasteiger charge is -2.13. The molecule has 0 unspecified atom stereocenters. The zero-order chi connectivity index (χ0) is 19.4. The third kappa shape index (κ3) is 4.65. The van der Waals surface area contributed by atoms with E-state index in [1.54, 1.807) is 41.9 Å². The van der Waals surface area contributed by atoms with E-state index in [-0.39, 0.29) is 22.8 Å². The number of nitrogens with zero attached hydrogens (tertiary/aromatic N) is 1. The summed E-state index contributed by atoms with van der Waals surface area (Å²) in [6.45, 7) is 0. The topological polar surface area (TPSA) is 85.4 Å². The first-order valence-corrected chi connectivity index (χ1v) is 10.5. The third-order valence-electron chi connectivity index (χ3n) is 3.65. The Bertz CT molecular complexity index is 1050. The Morgan fingerprint density at radius 3 is 2.59 bits per heavy atom. The molecule has 0 radical (unpaired) electrons. The maximum atomic E-state index is 12.8. The number of anilines is 1. The Balaban J connectivity index is 1.90. The Morgan fingerprint density at radius 2 is 1.96 bits per heavy atom. The first kappa shape index (κ1) is 19.3. The number of hydrogen-bond donors (Lipinski definition) is 1. The molecule has 3 aromatic rings. The number of hydrogen-bond acceptors (Lipinski definition) is 6. The fraction of sp³-hybridized carbons (Fsp3) is 0.111. The van der Waals surface area contributed by atoms with Crippen LogP contribution in [0.5, 0.6) is 5.75 Å². The quantitative estimate of drug-likeness (QED) is 0.581. The van der Waals surface area contributed by atoms with Crippen LogP contribution in [0.25, 0.3) is 0 Å². The smallest absolute Gasteiger partial charge is 0.265 e. The van der Waals surface area contributed by atoms with Gasteiger partial charge in [-0.2, -0.15) is 0 Å². The highest BCUT2D eigenvalue weighted by Crippen LogP contribution is 2.28. The maximum Gasteiger partial charge on any atom is 0.265 e. The van der Waals surface area contributed by atoms with Gasteiger partial charge in [0.25, 0.3) is 10.0 Å². The second kappa shape index (κ2) is 8.08. The van der Waals surface area contributed by atoms with Gasteiger partial charge in [-0.25, -0.2) is 13.4 Å². The molecular formula is C18H15ClN2O4S2. The second-order valence-corrected chi connectivity index (χ2v) is 8.52. The van der Waals surface area contributed by atoms with E-state index in [2.05, 4.69) is 9.71 Å². The molecule has 27 heavy (non-hydrogen) atoms. The van der Waals surface area contributed by atoms with Gasteiger partial charge in [-0.15, -0.1) is 11.3 Å². The maximum absolute atomic E-state index is 12.8. The molecule has 9 heteroatoms. The van der Waals surface area contributed by atoms with Gasteiger partial charge in [0.1, 0.15) is 10.6 Å².